The molecule has 0 aliphatic carbocycles. The van der Waals surface area contributed by atoms with Gasteiger partial charge in [-0.25, -0.2) is 13.6 Å². The number of hydrogen-bond acceptors (Lipinski definition) is 8. The fourth-order valence-electron chi connectivity index (χ4n) is 5.25. The molecule has 0 bridgehead atoms. The molecule has 2 aromatic carbocycles. The first kappa shape index (κ1) is 31.0. The number of ether oxygens (including phenoxy) is 2. The number of piperazine rings is 1. The van der Waals surface area contributed by atoms with Crippen LogP contribution in [0.4, 0.5) is 25.0 Å². The average molecular weight is 609 g/mol. The lowest BCUT2D eigenvalue weighted by molar-refractivity contribution is -0.385. The third-order valence-electron chi connectivity index (χ3n) is 7.11. The van der Waals surface area contributed by atoms with Gasteiger partial charge in [0.15, 0.2) is 5.82 Å². The number of hydrogen-bond donors (Lipinski definition) is 1. The van der Waals surface area contributed by atoms with E-state index < -0.39 is 63.8 Å². The van der Waals surface area contributed by atoms with Crippen molar-refractivity contribution in [2.24, 2.45) is 7.05 Å². The molecule has 14 heteroatoms. The first-order chi connectivity index (χ1) is 19.6. The number of aliphatic hydroxyl groups is 1. The second kappa shape index (κ2) is 11.4. The Bertz CT molecular complexity index is 1640. The number of rotatable bonds is 5. The first-order valence-electron chi connectivity index (χ1n) is 13.0. The Morgan fingerprint density at radius 2 is 1.90 bits per heavy atom. The summed E-state index contributed by atoms with van der Waals surface area (Å²) in [5.74, 6) is -1.96. The SMILES string of the molecule is COc1cccc(F)c1-c1c(Cl)cc2c(N3C[C@@H](C)N(C(=O)OC(C)(C)C)C[C@@H]3CO)c([N+](=O)[O-])c(=O)n(C)c2c1F. The van der Waals surface area contributed by atoms with E-state index in [4.69, 9.17) is 21.1 Å². The number of aliphatic hydroxyl groups excluding tert-OH is 1. The molecule has 1 aliphatic heterocycles. The first-order valence-corrected chi connectivity index (χ1v) is 13.4. The molecule has 0 unspecified atom stereocenters. The van der Waals surface area contributed by atoms with Gasteiger partial charge in [0.2, 0.25) is 0 Å². The molecule has 0 saturated carbocycles. The van der Waals surface area contributed by atoms with Crippen LogP contribution >= 0.6 is 11.6 Å². The summed E-state index contributed by atoms with van der Waals surface area (Å²) < 4.78 is 42.9. The Kier molecular flexibility index (Phi) is 8.38. The maximum Gasteiger partial charge on any atom is 0.410 e. The van der Waals surface area contributed by atoms with Crippen LogP contribution < -0.4 is 15.2 Å². The molecule has 2 atom stereocenters. The molecular weight excluding hydrogens is 578 g/mol. The summed E-state index contributed by atoms with van der Waals surface area (Å²) >= 11 is 6.55. The fourth-order valence-corrected chi connectivity index (χ4v) is 5.54. The third-order valence-corrected chi connectivity index (χ3v) is 7.41. The van der Waals surface area contributed by atoms with Crippen LogP contribution in [0.25, 0.3) is 22.0 Å². The molecule has 42 heavy (non-hydrogen) atoms. The van der Waals surface area contributed by atoms with Crippen molar-refractivity contribution < 1.29 is 33.1 Å². The molecule has 1 aromatic heterocycles. The topological polar surface area (TPSA) is 127 Å². The zero-order valence-corrected chi connectivity index (χ0v) is 24.7. The van der Waals surface area contributed by atoms with E-state index >= 15 is 8.78 Å². The number of amides is 1. The summed E-state index contributed by atoms with van der Waals surface area (Å²) in [7, 11) is 2.43. The van der Waals surface area contributed by atoms with E-state index in [0.29, 0.717) is 0 Å². The average Bonchev–Trinajstić information content (AvgIpc) is 2.89. The van der Waals surface area contributed by atoms with Gasteiger partial charge in [-0.2, -0.15) is 0 Å². The van der Waals surface area contributed by atoms with Gasteiger partial charge in [0.25, 0.3) is 0 Å². The zero-order valence-electron chi connectivity index (χ0n) is 23.9. The molecular formula is C28H31ClF2N4O7. The van der Waals surface area contributed by atoms with Crippen molar-refractivity contribution in [3.05, 3.63) is 61.4 Å². The molecule has 226 valence electrons. The number of nitrogens with zero attached hydrogens (tertiary/aromatic N) is 4. The van der Waals surface area contributed by atoms with Crippen molar-refractivity contribution in [3.8, 4) is 16.9 Å². The summed E-state index contributed by atoms with van der Waals surface area (Å²) in [6, 6.07) is 3.57. The largest absolute Gasteiger partial charge is 0.496 e. The van der Waals surface area contributed by atoms with Gasteiger partial charge >= 0.3 is 17.3 Å². The standard InChI is InChI=1S/C28H31ClF2N4O7/c1-14-11-34(15(13-36)12-33(14)27(38)42-28(2,3)4)24-16-10-17(29)20(21-18(30)8-7-9-19(21)41-6)22(31)23(16)32(5)26(37)25(24)35(39)40/h7-10,14-15,36H,11-13H2,1-6H3/t14-,15-/m1/s1. The molecule has 1 aliphatic rings. The minimum atomic E-state index is -1.13. The molecule has 1 amide bonds. The molecule has 0 spiro atoms. The van der Waals surface area contributed by atoms with E-state index in [2.05, 4.69) is 0 Å². The Labute approximate surface area is 244 Å². The molecule has 1 fully saturated rings. The van der Waals surface area contributed by atoms with Crippen LogP contribution in [0.2, 0.25) is 5.02 Å². The predicted molar refractivity (Wildman–Crippen MR) is 153 cm³/mol. The molecule has 11 nitrogen and oxygen atoms in total. The number of benzene rings is 2. The van der Waals surface area contributed by atoms with Gasteiger partial charge in [-0.05, 0) is 45.9 Å². The summed E-state index contributed by atoms with van der Waals surface area (Å²) in [5.41, 5.74) is -4.12. The lowest BCUT2D eigenvalue weighted by Crippen LogP contribution is -2.61. The minimum absolute atomic E-state index is 0.0188. The highest BCUT2D eigenvalue weighted by Crippen LogP contribution is 2.45. The molecule has 3 aromatic rings. The van der Waals surface area contributed by atoms with Gasteiger partial charge in [-0.15, -0.1) is 0 Å². The van der Waals surface area contributed by atoms with Gasteiger partial charge in [0, 0.05) is 37.1 Å². The molecule has 2 heterocycles. The monoisotopic (exact) mass is 608 g/mol. The highest BCUT2D eigenvalue weighted by atomic mass is 35.5. The Balaban J connectivity index is 2.00. The van der Waals surface area contributed by atoms with E-state index in [1.54, 1.807) is 27.7 Å². The number of methoxy groups -OCH3 is 1. The predicted octanol–water partition coefficient (Wildman–Crippen LogP) is 4.86. The highest BCUT2D eigenvalue weighted by molar-refractivity contribution is 6.34. The van der Waals surface area contributed by atoms with Crippen molar-refractivity contribution in [2.75, 3.05) is 31.7 Å². The normalized spacial score (nSPS) is 17.5. The van der Waals surface area contributed by atoms with Crippen LogP contribution in [0.3, 0.4) is 0 Å². The Morgan fingerprint density at radius 3 is 2.48 bits per heavy atom. The van der Waals surface area contributed by atoms with Gasteiger partial charge in [-0.3, -0.25) is 14.9 Å². The second-order valence-electron chi connectivity index (χ2n) is 11.0. The van der Waals surface area contributed by atoms with Crippen molar-refractivity contribution in [1.29, 1.82) is 0 Å². The van der Waals surface area contributed by atoms with E-state index in [-0.39, 0.29) is 46.0 Å². The number of anilines is 1. The van der Waals surface area contributed by atoms with Crippen molar-refractivity contribution in [1.82, 2.24) is 9.47 Å². The summed E-state index contributed by atoms with van der Waals surface area (Å²) in [4.78, 5) is 40.5. The Hall–Kier alpha value is -3.97. The summed E-state index contributed by atoms with van der Waals surface area (Å²) in [6.45, 7) is 6.03. The van der Waals surface area contributed by atoms with Gasteiger partial charge in [-0.1, -0.05) is 17.7 Å². The molecule has 0 radical (unpaired) electrons. The molecule has 4 rings (SSSR count). The number of carbonyl (C=O) groups is 1. The Morgan fingerprint density at radius 1 is 1.24 bits per heavy atom. The number of pyridine rings is 1. The van der Waals surface area contributed by atoms with E-state index in [0.717, 1.165) is 17.7 Å². The summed E-state index contributed by atoms with van der Waals surface area (Å²) in [5, 5.41) is 22.2. The second-order valence-corrected chi connectivity index (χ2v) is 11.5. The number of aryl methyl sites for hydroxylation is 1. The van der Waals surface area contributed by atoms with E-state index in [9.17, 15) is 24.8 Å². The summed E-state index contributed by atoms with van der Waals surface area (Å²) in [6.07, 6.45) is -0.644. The van der Waals surface area contributed by atoms with Crippen molar-refractivity contribution in [3.63, 3.8) is 0 Å². The minimum Gasteiger partial charge on any atom is -0.496 e. The third kappa shape index (κ3) is 5.34. The van der Waals surface area contributed by atoms with Crippen LogP contribution in [0.5, 0.6) is 5.75 Å². The fraction of sp³-hybridized carbons (Fsp3) is 0.429. The molecule has 1 saturated heterocycles. The van der Waals surface area contributed by atoms with E-state index in [1.165, 1.54) is 35.1 Å². The van der Waals surface area contributed by atoms with Crippen molar-refractivity contribution >= 4 is 40.0 Å². The van der Waals surface area contributed by atoms with Crippen LogP contribution in [0, 0.1) is 21.7 Å². The number of aromatic nitrogens is 1. The number of nitro groups is 1. The van der Waals surface area contributed by atoms with Crippen molar-refractivity contribution in [2.45, 2.75) is 45.4 Å². The van der Waals surface area contributed by atoms with E-state index in [1.807, 2.05) is 0 Å². The van der Waals surface area contributed by atoms with Crippen LogP contribution in [-0.4, -0.2) is 70.1 Å². The molecule has 1 N–H and O–H groups in total. The quantitative estimate of drug-likeness (QED) is 0.321. The van der Waals surface area contributed by atoms with Gasteiger partial charge < -0.3 is 28.9 Å². The zero-order chi connectivity index (χ0) is 31.3. The lowest BCUT2D eigenvalue weighted by atomic mass is 9.98. The highest BCUT2D eigenvalue weighted by Gasteiger charge is 2.41. The number of fused-ring (bicyclic) bond motifs is 1. The van der Waals surface area contributed by atoms with Crippen LogP contribution in [-0.2, 0) is 11.8 Å². The van der Waals surface area contributed by atoms with Gasteiger partial charge in [0.05, 0.1) is 40.8 Å². The number of halogens is 3. The maximum atomic E-state index is 16.4. The lowest BCUT2D eigenvalue weighted by Gasteiger charge is -2.45. The van der Waals surface area contributed by atoms with Gasteiger partial charge in [0.1, 0.15) is 22.9 Å². The smallest absolute Gasteiger partial charge is 0.410 e. The van der Waals surface area contributed by atoms with Crippen LogP contribution in [0.15, 0.2) is 29.1 Å². The maximum absolute atomic E-state index is 16.4. The number of carbonyl (C=O) groups excluding carboxylic acids is 1. The van der Waals surface area contributed by atoms with Crippen LogP contribution in [0.1, 0.15) is 27.7 Å².